The molecule has 7 aliphatic heterocycles. The normalized spacial score (nSPS) is 36.8. The number of ether oxygens (including phenoxy) is 13. The molecule has 0 bridgehead atoms. The molecular weight excluding hydrogens is 2070 g/mol. The van der Waals surface area contributed by atoms with Gasteiger partial charge in [0.05, 0.1) is 134 Å². The van der Waals surface area contributed by atoms with Gasteiger partial charge in [-0.15, -0.1) is 47.7 Å². The molecule has 7 heterocycles. The van der Waals surface area contributed by atoms with E-state index in [1.807, 2.05) is 0 Å². The molecule has 0 spiro atoms. The third-order valence-electron chi connectivity index (χ3n) is 20.4. The molecule has 0 aromatic rings. The van der Waals surface area contributed by atoms with Crippen LogP contribution in [0, 0.1) is 35.5 Å². The number of aliphatic hydroxyl groups excluding tert-OH is 4. The second-order valence-electron chi connectivity index (χ2n) is 27.7. The predicted molar refractivity (Wildman–Crippen MR) is 413 cm³/mol. The summed E-state index contributed by atoms with van der Waals surface area (Å²) in [5.74, 6) is -6.72. The van der Waals surface area contributed by atoms with Crippen molar-refractivity contribution in [1.29, 1.82) is 0 Å². The second-order valence-corrected chi connectivity index (χ2v) is 33.8. The smallest absolute Gasteiger partial charge is 0.388 e. The fraction of sp³-hybridized carbons (Fsp3) is 1.00. The van der Waals surface area contributed by atoms with Gasteiger partial charge < -0.3 is 82.0 Å². The Morgan fingerprint density at radius 1 is 0.221 bits per heavy atom. The molecule has 0 aliphatic carbocycles. The lowest BCUT2D eigenvalue weighted by Crippen LogP contribution is -2.60. The molecule has 131 heavy (non-hydrogen) atoms. The first-order valence-electron chi connectivity index (χ1n) is 37.1. The average molecular weight is 2170 g/mol. The Morgan fingerprint density at radius 3 is 0.847 bits per heavy atom. The molecule has 0 aromatic heterocycles. The Kier molecular flexibility index (Phi) is 61.0. The van der Waals surface area contributed by atoms with Gasteiger partial charge in [-0.05, 0) is 48.5 Å². The highest BCUT2D eigenvalue weighted by atomic mass is 32.3. The summed E-state index contributed by atoms with van der Waals surface area (Å²) in [5, 5.41) is 186. The zero-order valence-electron chi connectivity index (χ0n) is 67.8. The van der Waals surface area contributed by atoms with E-state index in [0.29, 0.717) is 0 Å². The zero-order chi connectivity index (χ0) is 95.2. The highest BCUT2D eigenvalue weighted by molar-refractivity contribution is 7.91. The van der Waals surface area contributed by atoms with E-state index in [4.69, 9.17) is 154 Å². The Morgan fingerprint density at radius 2 is 0.466 bits per heavy atom. The first-order valence-corrected chi connectivity index (χ1v) is 45.8. The van der Waals surface area contributed by atoms with Crippen LogP contribution in [-0.4, -0.2) is 348 Å². The quantitative estimate of drug-likeness (QED) is 0.0136. The molecule has 0 aromatic carbocycles. The summed E-state index contributed by atoms with van der Waals surface area (Å²) in [6.07, 6.45) is -39.5. The molecule has 0 saturated carbocycles. The summed E-state index contributed by atoms with van der Waals surface area (Å²) in [6.45, 7) is 4.38. The van der Waals surface area contributed by atoms with Gasteiger partial charge in [-0.1, -0.05) is 55.4 Å². The number of rotatable bonds is 70. The first-order chi connectivity index (χ1) is 63.3. The van der Waals surface area contributed by atoms with Crippen LogP contribution in [0.4, 0.5) is 0 Å². The molecule has 0 radical (unpaired) electrons. The number of aliphatic hydroxyl groups is 4. The van der Waals surface area contributed by atoms with Gasteiger partial charge in [0.15, 0.2) is 142 Å². The van der Waals surface area contributed by atoms with E-state index in [0.717, 1.165) is 0 Å². The van der Waals surface area contributed by atoms with Crippen molar-refractivity contribution in [3.8, 4) is 0 Å². The van der Waals surface area contributed by atoms with Crippen LogP contribution in [0.5, 0.6) is 0 Å². The molecule has 77 heteroatoms. The van der Waals surface area contributed by atoms with Crippen LogP contribution in [0.1, 0.15) is 48.5 Å². The van der Waals surface area contributed by atoms with E-state index < -0.39 is 302 Å². The molecule has 7 saturated heterocycles. The molecular formula is C54H96O65S12. The average Bonchev–Trinajstić information content (AvgIpc) is 0.723. The molecule has 7 fully saturated rings. The van der Waals surface area contributed by atoms with Gasteiger partial charge in [-0.25, -0.2) is 62.0 Å². The lowest BCUT2D eigenvalue weighted by molar-refractivity contribution is -0.436. The Bertz CT molecular complexity index is 3000. The summed E-state index contributed by atoms with van der Waals surface area (Å²) in [5.41, 5.74) is 0. The van der Waals surface area contributed by atoms with Crippen molar-refractivity contribution in [3.63, 3.8) is 0 Å². The maximum Gasteiger partial charge on any atom is 0.397 e. The number of hydrogen-bond acceptors (Lipinski definition) is 75. The Labute approximate surface area is 788 Å². The van der Waals surface area contributed by atoms with Crippen LogP contribution in [0.2, 0.25) is 0 Å². The van der Waals surface area contributed by atoms with E-state index in [1.165, 1.54) is 41.5 Å². The monoisotopic (exact) mass is 2170 g/mol. The minimum absolute atomic E-state index is 0.0445. The molecule has 7 aliphatic rings. The first kappa shape index (κ1) is 119. The molecule has 65 nitrogen and oxygen atoms in total. The SMILES string of the molecule is CC1O[C@@H](COCC2[C@H](COCC3[C@H](COC[C@@H]4C(OSOOO)[C@H](O)OC(C)[C@H]4OSOOO)OC(C)[C@H](OSOOO)[C@@H]3COC[C@@H]3OC(C)[C@H](OSOOO)[C@H](OSOOO)C3OSOOO)OC(C)[C@@H](OSOOO)[C@@H]2COC[C@@H]2OC(C)[C@@H](OSOOO)[C@H](COC[C@@H]3OC(C)[C@H](OSOOO)[C@H](O)C3OSOOO)C2OSOOO)C(O)[C@@H](OS(=O)(=O)O)[C@@H]1O. The van der Waals surface area contributed by atoms with Crippen molar-refractivity contribution >= 4 is 146 Å². The van der Waals surface area contributed by atoms with Gasteiger partial charge in [0.25, 0.3) is 0 Å². The van der Waals surface area contributed by atoms with Crippen molar-refractivity contribution in [2.45, 2.75) is 226 Å². The van der Waals surface area contributed by atoms with Crippen LogP contribution in [0.3, 0.4) is 0 Å². The van der Waals surface area contributed by atoms with Gasteiger partial charge in [0.1, 0.15) is 116 Å². The van der Waals surface area contributed by atoms with Crippen molar-refractivity contribution in [2.75, 3.05) is 79.3 Å². The summed E-state index contributed by atoms with van der Waals surface area (Å²) in [7, 11) is -5.35. The van der Waals surface area contributed by atoms with E-state index in [1.54, 1.807) is 6.92 Å². The Balaban J connectivity index is 1.28. The molecule has 14 unspecified atom stereocenters. The van der Waals surface area contributed by atoms with Crippen LogP contribution < -0.4 is 0 Å². The lowest BCUT2D eigenvalue weighted by atomic mass is 9.79. The molecule has 7 rings (SSSR count). The summed E-state index contributed by atoms with van der Waals surface area (Å²) in [6, 6.07) is 0. The van der Waals surface area contributed by atoms with Gasteiger partial charge in [-0.2, -0.15) is 8.42 Å². The van der Waals surface area contributed by atoms with Gasteiger partial charge in [-0.3, -0.25) is 50.6 Å². The maximum absolute atomic E-state index is 12.1. The summed E-state index contributed by atoms with van der Waals surface area (Å²) >= 11 is 0.995. The minimum Gasteiger partial charge on any atom is -0.388 e. The van der Waals surface area contributed by atoms with Crippen LogP contribution >= 0.6 is 136 Å². The minimum atomic E-state index is -5.35. The fourth-order valence-corrected chi connectivity index (χ4v) is 20.0. The van der Waals surface area contributed by atoms with Crippen molar-refractivity contribution in [1.82, 2.24) is 0 Å². The third-order valence-corrected chi connectivity index (χ3v) is 25.4. The highest BCUT2D eigenvalue weighted by Crippen LogP contribution is 2.45. The van der Waals surface area contributed by atoms with Crippen LogP contribution in [0.25, 0.3) is 0 Å². The second kappa shape index (κ2) is 67.1. The van der Waals surface area contributed by atoms with Crippen molar-refractivity contribution < 1.29 is 306 Å². The number of hydrogen-bond donors (Lipinski definition) is 16. The lowest BCUT2D eigenvalue weighted by Gasteiger charge is -2.47. The zero-order valence-corrected chi connectivity index (χ0v) is 77.5. The third kappa shape index (κ3) is 39.0. The van der Waals surface area contributed by atoms with Crippen LogP contribution in [-0.2, 0) is 225 Å². The maximum atomic E-state index is 12.1. The van der Waals surface area contributed by atoms with E-state index in [-0.39, 0.29) is 136 Å². The van der Waals surface area contributed by atoms with Gasteiger partial charge in [0.2, 0.25) is 0 Å². The van der Waals surface area contributed by atoms with Crippen molar-refractivity contribution in [3.05, 3.63) is 0 Å². The van der Waals surface area contributed by atoms with E-state index >= 15 is 0 Å². The predicted octanol–water partition coefficient (Wildman–Crippen LogP) is 3.58. The highest BCUT2D eigenvalue weighted by Gasteiger charge is 2.56. The largest absolute Gasteiger partial charge is 0.397 e. The summed E-state index contributed by atoms with van der Waals surface area (Å²) in [4.78, 5) is 0. The molecule has 16 N–H and O–H groups in total. The molecule has 774 valence electrons. The van der Waals surface area contributed by atoms with E-state index in [2.05, 4.69) is 103 Å². The molecule has 35 atom stereocenters. The van der Waals surface area contributed by atoms with E-state index in [9.17, 15) is 49.2 Å². The summed E-state index contributed by atoms with van der Waals surface area (Å²) < 4.78 is 235. The van der Waals surface area contributed by atoms with Gasteiger partial charge >= 0.3 is 10.4 Å². The topological polar surface area (TPSA) is 792 Å². The molecule has 0 amide bonds. The fourth-order valence-electron chi connectivity index (χ4n) is 14.9. The Hall–Kier alpha value is 1.28. The standard InChI is InChI=1S/C54H96O65S12/c1-20-39(55)52(97-131(70,71)72)40(56)35(79-20)16-74-9-28-29(10-75-17-36-48(92-126-115-104-65)31(44(23(4)82-36)88-122-111-100-61)12-78-18-37-50(94-128-117-106-67)41(57)46(25(6)83-37)90-124-113-102-63)42(86-120-109-98-59)21(2)80-33(28)14-73-8-27-30(11-76-19-38-51(95-129-118-107-68)53(96-130-119-108-69)47(26(7)84-38)91-125-114-103-64)43(87-121-110-99-60)22(3)81-34(27)15-77-13-32-45(89-123-112-101-62)24(5)85-54(58)49(32)93-127-116-105-66/h20-69H,8-19H2,1-7H3,(H,70,71,72)/t20?,21?,22?,23?,24?,25?,26?,27?,28?,29-,30-,31+,32+,33+,34+,35+,36+,37+,38+,39-,40?,41+,42-,43+,44-,45-,46+,47+,48?,49?,50?,51?,52+,53+,54-/m1/s1. The van der Waals surface area contributed by atoms with Gasteiger partial charge in [0, 0.05) is 35.5 Å². The van der Waals surface area contributed by atoms with Crippen molar-refractivity contribution in [2.24, 2.45) is 35.5 Å². The van der Waals surface area contributed by atoms with Crippen LogP contribution in [0.15, 0.2) is 0 Å².